The summed E-state index contributed by atoms with van der Waals surface area (Å²) < 4.78 is 11.6. The van der Waals surface area contributed by atoms with Gasteiger partial charge in [-0.25, -0.2) is 0 Å². The van der Waals surface area contributed by atoms with Gasteiger partial charge in [-0.15, -0.1) is 0 Å². The molecule has 0 heterocycles. The Balaban J connectivity index is 1.71. The number of hydrogen-bond donors (Lipinski definition) is 0. The van der Waals surface area contributed by atoms with Gasteiger partial charge in [-0.1, -0.05) is 25.3 Å². The van der Waals surface area contributed by atoms with Gasteiger partial charge in [0.2, 0.25) is 0 Å². The van der Waals surface area contributed by atoms with Crippen LogP contribution in [0.3, 0.4) is 0 Å². The van der Waals surface area contributed by atoms with E-state index in [0.29, 0.717) is 18.8 Å². The van der Waals surface area contributed by atoms with Crippen molar-refractivity contribution in [1.82, 2.24) is 0 Å². The van der Waals surface area contributed by atoms with Gasteiger partial charge >= 0.3 is 0 Å². The van der Waals surface area contributed by atoms with E-state index in [1.165, 1.54) is 6.42 Å². The Morgan fingerprint density at radius 2 is 1.95 bits per heavy atom. The number of hydrogen-bond acceptors (Lipinski definition) is 3. The first-order valence-corrected chi connectivity index (χ1v) is 7.67. The van der Waals surface area contributed by atoms with Crippen molar-refractivity contribution in [3.05, 3.63) is 24.3 Å². The highest BCUT2D eigenvalue weighted by molar-refractivity contribution is 5.92. The van der Waals surface area contributed by atoms with Crippen LogP contribution in [0.15, 0.2) is 24.3 Å². The van der Waals surface area contributed by atoms with Crippen LogP contribution in [0, 0.1) is 5.41 Å². The Labute approximate surface area is 120 Å². The molecule has 3 rings (SSSR count). The molecule has 1 atom stereocenters. The Hall–Kier alpha value is -1.51. The molecular weight excluding hydrogens is 252 g/mol. The monoisotopic (exact) mass is 274 g/mol. The number of ketones is 1. The fraction of sp³-hybridized carbons (Fsp3) is 0.588. The second kappa shape index (κ2) is 5.47. The molecular formula is C17H22O3. The standard InChI is InChI=1S/C17H22O3/c1-2-19-13-7-6-8-14(11-13)20-16-12-15(18)17(16)9-4-3-5-10-17/h6-8,11,16H,2-5,9-10,12H2,1H3. The molecule has 3 nitrogen and oxygen atoms in total. The number of carbonyl (C=O) groups is 1. The minimum Gasteiger partial charge on any atom is -0.494 e. The number of benzene rings is 1. The van der Waals surface area contributed by atoms with Crippen LogP contribution in [0.5, 0.6) is 11.5 Å². The highest BCUT2D eigenvalue weighted by atomic mass is 16.5. The van der Waals surface area contributed by atoms with Crippen LogP contribution in [0.25, 0.3) is 0 Å². The highest BCUT2D eigenvalue weighted by Gasteiger charge is 2.56. The molecule has 0 saturated heterocycles. The van der Waals surface area contributed by atoms with Crippen LogP contribution in [-0.2, 0) is 4.79 Å². The molecule has 1 unspecified atom stereocenters. The third-order valence-corrected chi connectivity index (χ3v) is 4.68. The summed E-state index contributed by atoms with van der Waals surface area (Å²) in [5.74, 6) is 2.05. The van der Waals surface area contributed by atoms with Gasteiger partial charge < -0.3 is 9.47 Å². The molecule has 2 fully saturated rings. The van der Waals surface area contributed by atoms with E-state index in [1.807, 2.05) is 31.2 Å². The third kappa shape index (κ3) is 2.30. The molecule has 2 aliphatic carbocycles. The van der Waals surface area contributed by atoms with Crippen molar-refractivity contribution in [2.45, 2.75) is 51.6 Å². The third-order valence-electron chi connectivity index (χ3n) is 4.68. The SMILES string of the molecule is CCOc1cccc(OC2CC(=O)C23CCCCC3)c1. The largest absolute Gasteiger partial charge is 0.494 e. The molecule has 108 valence electrons. The maximum atomic E-state index is 12.1. The maximum Gasteiger partial charge on any atom is 0.146 e. The summed E-state index contributed by atoms with van der Waals surface area (Å²) in [5, 5.41) is 0. The maximum absolute atomic E-state index is 12.1. The predicted molar refractivity (Wildman–Crippen MR) is 77.2 cm³/mol. The highest BCUT2D eigenvalue weighted by Crippen LogP contribution is 2.50. The summed E-state index contributed by atoms with van der Waals surface area (Å²) in [6, 6.07) is 7.73. The topological polar surface area (TPSA) is 35.5 Å². The van der Waals surface area contributed by atoms with Gasteiger partial charge in [0, 0.05) is 12.5 Å². The van der Waals surface area contributed by atoms with Gasteiger partial charge in [-0.05, 0) is 31.9 Å². The summed E-state index contributed by atoms with van der Waals surface area (Å²) >= 11 is 0. The molecule has 0 bridgehead atoms. The minimum atomic E-state index is -0.181. The van der Waals surface area contributed by atoms with Crippen molar-refractivity contribution >= 4 is 5.78 Å². The Kier molecular flexibility index (Phi) is 3.68. The second-order valence-corrected chi connectivity index (χ2v) is 5.86. The smallest absolute Gasteiger partial charge is 0.146 e. The van der Waals surface area contributed by atoms with E-state index < -0.39 is 0 Å². The van der Waals surface area contributed by atoms with Gasteiger partial charge in [-0.3, -0.25) is 4.79 Å². The van der Waals surface area contributed by atoms with E-state index in [1.54, 1.807) is 0 Å². The van der Waals surface area contributed by atoms with E-state index in [-0.39, 0.29) is 11.5 Å². The first kappa shape index (κ1) is 13.5. The molecule has 1 spiro atoms. The lowest BCUT2D eigenvalue weighted by atomic mass is 9.57. The van der Waals surface area contributed by atoms with Crippen molar-refractivity contribution in [3.63, 3.8) is 0 Å². The van der Waals surface area contributed by atoms with E-state index in [4.69, 9.17) is 9.47 Å². The lowest BCUT2D eigenvalue weighted by Gasteiger charge is -2.49. The van der Waals surface area contributed by atoms with Gasteiger partial charge in [0.15, 0.2) is 0 Å². The predicted octanol–water partition coefficient (Wildman–Crippen LogP) is 3.76. The first-order chi connectivity index (χ1) is 9.74. The molecule has 1 aromatic carbocycles. The van der Waals surface area contributed by atoms with Crippen LogP contribution in [0.1, 0.15) is 45.4 Å². The summed E-state index contributed by atoms with van der Waals surface area (Å²) in [7, 11) is 0. The van der Waals surface area contributed by atoms with Gasteiger partial charge in [0.05, 0.1) is 12.0 Å². The average molecular weight is 274 g/mol. The summed E-state index contributed by atoms with van der Waals surface area (Å²) in [5.41, 5.74) is -0.181. The minimum absolute atomic E-state index is 0.0622. The second-order valence-electron chi connectivity index (χ2n) is 5.86. The van der Waals surface area contributed by atoms with Crippen molar-refractivity contribution in [1.29, 1.82) is 0 Å². The van der Waals surface area contributed by atoms with Gasteiger partial charge in [0.1, 0.15) is 23.4 Å². The molecule has 0 radical (unpaired) electrons. The van der Waals surface area contributed by atoms with Crippen molar-refractivity contribution in [2.75, 3.05) is 6.61 Å². The number of carbonyl (C=O) groups excluding carboxylic acids is 1. The molecule has 20 heavy (non-hydrogen) atoms. The lowest BCUT2D eigenvalue weighted by molar-refractivity contribution is -0.156. The number of rotatable bonds is 4. The van der Waals surface area contributed by atoms with Crippen molar-refractivity contribution in [2.24, 2.45) is 5.41 Å². The zero-order valence-corrected chi connectivity index (χ0v) is 12.1. The zero-order valence-electron chi connectivity index (χ0n) is 12.1. The molecule has 0 aromatic heterocycles. The van der Waals surface area contributed by atoms with Crippen molar-refractivity contribution < 1.29 is 14.3 Å². The average Bonchev–Trinajstić information content (AvgIpc) is 2.49. The first-order valence-electron chi connectivity index (χ1n) is 7.67. The van der Waals surface area contributed by atoms with E-state index in [0.717, 1.165) is 37.2 Å². The molecule has 1 aromatic rings. The van der Waals surface area contributed by atoms with Crippen LogP contribution in [0.2, 0.25) is 0 Å². The summed E-state index contributed by atoms with van der Waals surface area (Å²) in [4.78, 5) is 12.1. The lowest BCUT2D eigenvalue weighted by Crippen LogP contribution is -2.57. The normalized spacial score (nSPS) is 24.2. The molecule has 3 heteroatoms. The van der Waals surface area contributed by atoms with Crippen LogP contribution < -0.4 is 9.47 Å². The van der Waals surface area contributed by atoms with E-state index in [9.17, 15) is 4.79 Å². The Morgan fingerprint density at radius 1 is 1.20 bits per heavy atom. The molecule has 0 N–H and O–H groups in total. The van der Waals surface area contributed by atoms with Crippen LogP contribution >= 0.6 is 0 Å². The zero-order chi connectivity index (χ0) is 14.0. The fourth-order valence-corrected chi connectivity index (χ4v) is 3.52. The quantitative estimate of drug-likeness (QED) is 0.838. The fourth-order valence-electron chi connectivity index (χ4n) is 3.52. The summed E-state index contributed by atoms with van der Waals surface area (Å²) in [6.07, 6.45) is 6.20. The molecule has 2 saturated carbocycles. The molecule has 0 amide bonds. The molecule has 2 aliphatic rings. The van der Waals surface area contributed by atoms with E-state index in [2.05, 4.69) is 0 Å². The van der Waals surface area contributed by atoms with Crippen LogP contribution in [0.4, 0.5) is 0 Å². The van der Waals surface area contributed by atoms with E-state index >= 15 is 0 Å². The number of ether oxygens (including phenoxy) is 2. The summed E-state index contributed by atoms with van der Waals surface area (Å²) in [6.45, 7) is 2.62. The Morgan fingerprint density at radius 3 is 2.65 bits per heavy atom. The van der Waals surface area contributed by atoms with Crippen molar-refractivity contribution in [3.8, 4) is 11.5 Å². The Bertz CT molecular complexity index is 489. The van der Waals surface area contributed by atoms with Gasteiger partial charge in [0.25, 0.3) is 0 Å². The van der Waals surface area contributed by atoms with Gasteiger partial charge in [-0.2, -0.15) is 0 Å². The molecule has 0 aliphatic heterocycles. The van der Waals surface area contributed by atoms with Crippen LogP contribution in [-0.4, -0.2) is 18.5 Å². The number of Topliss-reactive ketones (excluding diaryl/α,β-unsaturated/α-hetero) is 1.